The maximum absolute atomic E-state index is 11.5. The molecule has 1 aromatic rings. The number of tetrazole rings is 1. The molecule has 0 fully saturated rings. The number of aromatic nitrogens is 4. The molecule has 1 aromatic heterocycles. The van der Waals surface area contributed by atoms with E-state index in [1.54, 1.807) is 13.8 Å². The van der Waals surface area contributed by atoms with E-state index in [0.717, 1.165) is 0 Å². The number of hydrogen-bond acceptors (Lipinski definition) is 5. The summed E-state index contributed by atoms with van der Waals surface area (Å²) in [5.74, 6) is -1.16. The lowest BCUT2D eigenvalue weighted by Gasteiger charge is -2.14. The highest BCUT2D eigenvalue weighted by molar-refractivity contribution is 5.76. The van der Waals surface area contributed by atoms with Gasteiger partial charge in [0.1, 0.15) is 0 Å². The van der Waals surface area contributed by atoms with Crippen LogP contribution < -0.4 is 10.6 Å². The average Bonchev–Trinajstić information content (AvgIpc) is 2.82. The van der Waals surface area contributed by atoms with E-state index in [-0.39, 0.29) is 6.54 Å². The SMILES string of the molecule is CCC(CNC(=O)NC(C)c1nn[nH]n1)C(=O)O. The largest absolute Gasteiger partial charge is 0.481 e. The fourth-order valence-corrected chi connectivity index (χ4v) is 1.29. The summed E-state index contributed by atoms with van der Waals surface area (Å²) in [5.41, 5.74) is 0. The molecule has 2 amide bonds. The maximum atomic E-state index is 11.5. The summed E-state index contributed by atoms with van der Waals surface area (Å²) in [6.07, 6.45) is 0.454. The lowest BCUT2D eigenvalue weighted by molar-refractivity contribution is -0.141. The molecule has 0 spiro atoms. The van der Waals surface area contributed by atoms with Gasteiger partial charge in [-0.25, -0.2) is 4.79 Å². The zero-order valence-electron chi connectivity index (χ0n) is 10.2. The van der Waals surface area contributed by atoms with Crippen molar-refractivity contribution in [2.75, 3.05) is 6.54 Å². The number of aliphatic carboxylic acids is 1. The van der Waals surface area contributed by atoms with Gasteiger partial charge < -0.3 is 15.7 Å². The van der Waals surface area contributed by atoms with Crippen molar-refractivity contribution in [1.82, 2.24) is 31.3 Å². The maximum Gasteiger partial charge on any atom is 0.315 e. The molecule has 0 aliphatic carbocycles. The smallest absolute Gasteiger partial charge is 0.315 e. The van der Waals surface area contributed by atoms with Gasteiger partial charge in [0, 0.05) is 6.54 Å². The quantitative estimate of drug-likeness (QED) is 0.550. The summed E-state index contributed by atoms with van der Waals surface area (Å²) in [6.45, 7) is 3.52. The van der Waals surface area contributed by atoms with Crippen LogP contribution >= 0.6 is 0 Å². The molecule has 9 heteroatoms. The summed E-state index contributed by atoms with van der Waals surface area (Å²) < 4.78 is 0. The number of nitrogens with one attached hydrogen (secondary N) is 3. The molecule has 0 aliphatic rings. The number of amides is 2. The summed E-state index contributed by atoms with van der Waals surface area (Å²) in [7, 11) is 0. The van der Waals surface area contributed by atoms with E-state index in [1.165, 1.54) is 0 Å². The van der Waals surface area contributed by atoms with Crippen LogP contribution in [0.5, 0.6) is 0 Å². The van der Waals surface area contributed by atoms with Gasteiger partial charge in [0.05, 0.1) is 12.0 Å². The van der Waals surface area contributed by atoms with Crippen molar-refractivity contribution in [3.63, 3.8) is 0 Å². The van der Waals surface area contributed by atoms with Gasteiger partial charge in [-0.05, 0) is 13.3 Å². The Labute approximate surface area is 103 Å². The van der Waals surface area contributed by atoms with Crippen molar-refractivity contribution in [3.8, 4) is 0 Å². The van der Waals surface area contributed by atoms with Crippen LogP contribution in [0.3, 0.4) is 0 Å². The van der Waals surface area contributed by atoms with E-state index < -0.39 is 24.0 Å². The van der Waals surface area contributed by atoms with E-state index >= 15 is 0 Å². The number of carbonyl (C=O) groups excluding carboxylic acids is 1. The Morgan fingerprint density at radius 3 is 2.72 bits per heavy atom. The molecule has 1 heterocycles. The van der Waals surface area contributed by atoms with Crippen LogP contribution in [0.4, 0.5) is 4.79 Å². The van der Waals surface area contributed by atoms with Gasteiger partial charge in [-0.2, -0.15) is 5.21 Å². The first-order valence-corrected chi connectivity index (χ1v) is 5.55. The lowest BCUT2D eigenvalue weighted by atomic mass is 10.1. The molecular formula is C9H16N6O3. The van der Waals surface area contributed by atoms with Crippen molar-refractivity contribution >= 4 is 12.0 Å². The molecule has 0 saturated heterocycles. The minimum atomic E-state index is -0.927. The van der Waals surface area contributed by atoms with Crippen LogP contribution in [-0.4, -0.2) is 44.3 Å². The number of aromatic amines is 1. The lowest BCUT2D eigenvalue weighted by Crippen LogP contribution is -2.41. The van der Waals surface area contributed by atoms with Crippen LogP contribution in [-0.2, 0) is 4.79 Å². The van der Waals surface area contributed by atoms with Gasteiger partial charge >= 0.3 is 12.0 Å². The molecule has 2 unspecified atom stereocenters. The second-order valence-electron chi connectivity index (χ2n) is 3.79. The number of carbonyl (C=O) groups is 2. The molecule has 18 heavy (non-hydrogen) atoms. The molecule has 2 atom stereocenters. The standard InChI is InChI=1S/C9H16N6O3/c1-3-6(8(16)17)4-10-9(18)11-5(2)7-12-14-15-13-7/h5-6H,3-4H2,1-2H3,(H,16,17)(H2,10,11,18)(H,12,13,14,15). The van der Waals surface area contributed by atoms with Crippen LogP contribution in [0.2, 0.25) is 0 Å². The number of nitrogens with zero attached hydrogens (tertiary/aromatic N) is 3. The molecule has 0 bridgehead atoms. The van der Waals surface area contributed by atoms with Gasteiger partial charge in [-0.1, -0.05) is 12.1 Å². The summed E-state index contributed by atoms with van der Waals surface area (Å²) in [5, 5.41) is 27.0. The zero-order valence-corrected chi connectivity index (χ0v) is 10.2. The zero-order chi connectivity index (χ0) is 13.5. The molecule has 0 radical (unpaired) electrons. The number of rotatable bonds is 6. The Morgan fingerprint density at radius 1 is 1.50 bits per heavy atom. The minimum Gasteiger partial charge on any atom is -0.481 e. The number of carboxylic acid groups (broad SMARTS) is 1. The van der Waals surface area contributed by atoms with E-state index in [9.17, 15) is 9.59 Å². The van der Waals surface area contributed by atoms with E-state index in [1.807, 2.05) is 0 Å². The third kappa shape index (κ3) is 4.00. The number of urea groups is 1. The van der Waals surface area contributed by atoms with Crippen LogP contribution in [0, 0.1) is 5.92 Å². The third-order valence-electron chi connectivity index (χ3n) is 2.45. The average molecular weight is 256 g/mol. The predicted molar refractivity (Wildman–Crippen MR) is 60.5 cm³/mol. The van der Waals surface area contributed by atoms with Gasteiger partial charge in [0.15, 0.2) is 5.82 Å². The summed E-state index contributed by atoms with van der Waals surface area (Å²) in [6, 6.07) is -0.874. The molecule has 0 aliphatic heterocycles. The number of carboxylic acids is 1. The first-order valence-electron chi connectivity index (χ1n) is 5.55. The predicted octanol–water partition coefficient (Wildman–Crippen LogP) is -0.329. The summed E-state index contributed by atoms with van der Waals surface area (Å²) in [4.78, 5) is 22.2. The normalized spacial score (nSPS) is 13.7. The molecule has 0 saturated carbocycles. The molecule has 100 valence electrons. The van der Waals surface area contributed by atoms with Crippen molar-refractivity contribution in [1.29, 1.82) is 0 Å². The highest BCUT2D eigenvalue weighted by atomic mass is 16.4. The van der Waals surface area contributed by atoms with Gasteiger partial charge in [0.2, 0.25) is 0 Å². The minimum absolute atomic E-state index is 0.0800. The monoisotopic (exact) mass is 256 g/mol. The molecule has 1 rings (SSSR count). The van der Waals surface area contributed by atoms with Crippen LogP contribution in [0.15, 0.2) is 0 Å². The fraction of sp³-hybridized carbons (Fsp3) is 0.667. The van der Waals surface area contributed by atoms with Crippen molar-refractivity contribution in [2.45, 2.75) is 26.3 Å². The number of H-pyrrole nitrogens is 1. The van der Waals surface area contributed by atoms with Gasteiger partial charge in [-0.3, -0.25) is 4.79 Å². The van der Waals surface area contributed by atoms with Gasteiger partial charge in [-0.15, -0.1) is 10.2 Å². The molecular weight excluding hydrogens is 240 g/mol. The first kappa shape index (κ1) is 13.9. The molecule has 9 nitrogen and oxygen atoms in total. The van der Waals surface area contributed by atoms with E-state index in [0.29, 0.717) is 12.2 Å². The Bertz CT molecular complexity index is 393. The Hall–Kier alpha value is -2.19. The summed E-state index contributed by atoms with van der Waals surface area (Å²) >= 11 is 0. The Kier molecular flexibility index (Phi) is 5.03. The van der Waals surface area contributed by atoms with Crippen molar-refractivity contribution in [2.24, 2.45) is 5.92 Å². The van der Waals surface area contributed by atoms with Crippen LogP contribution in [0.1, 0.15) is 32.1 Å². The van der Waals surface area contributed by atoms with E-state index in [2.05, 4.69) is 31.3 Å². The highest BCUT2D eigenvalue weighted by Gasteiger charge is 2.17. The second kappa shape index (κ2) is 6.52. The second-order valence-corrected chi connectivity index (χ2v) is 3.79. The van der Waals surface area contributed by atoms with Crippen LogP contribution in [0.25, 0.3) is 0 Å². The van der Waals surface area contributed by atoms with Crippen molar-refractivity contribution < 1.29 is 14.7 Å². The topological polar surface area (TPSA) is 133 Å². The van der Waals surface area contributed by atoms with E-state index in [4.69, 9.17) is 5.11 Å². The number of hydrogen-bond donors (Lipinski definition) is 4. The Balaban J connectivity index is 2.35. The van der Waals surface area contributed by atoms with Crippen molar-refractivity contribution in [3.05, 3.63) is 5.82 Å². The highest BCUT2D eigenvalue weighted by Crippen LogP contribution is 2.03. The Morgan fingerprint density at radius 2 is 2.22 bits per heavy atom. The molecule has 4 N–H and O–H groups in total. The first-order chi connectivity index (χ1) is 8.54. The third-order valence-corrected chi connectivity index (χ3v) is 2.45. The van der Waals surface area contributed by atoms with Gasteiger partial charge in [0.25, 0.3) is 0 Å². The molecule has 0 aromatic carbocycles. The fourth-order valence-electron chi connectivity index (χ4n) is 1.29.